The number of rotatable bonds is 18. The smallest absolute Gasteiger partial charge is 0.361 e. The van der Waals surface area contributed by atoms with E-state index in [0.717, 1.165) is 142 Å². The van der Waals surface area contributed by atoms with Gasteiger partial charge in [0.05, 0.1) is 91.8 Å². The predicted molar refractivity (Wildman–Crippen MR) is 455 cm³/mol. The minimum atomic E-state index is -1.39. The highest BCUT2D eigenvalue weighted by atomic mass is 16.7. The molecule has 6 aromatic carbocycles. The third-order valence-corrected chi connectivity index (χ3v) is 20.6. The number of anilines is 5. The highest BCUT2D eigenvalue weighted by Crippen LogP contribution is 2.33. The van der Waals surface area contributed by atoms with E-state index in [1.165, 1.54) is 119 Å². The molecule has 123 heavy (non-hydrogen) atoms. The van der Waals surface area contributed by atoms with Gasteiger partial charge in [-0.05, 0) is 200 Å². The topological polar surface area (TPSA) is 657 Å². The number of nitrogens with one attached hydrogen (secondary N) is 5. The van der Waals surface area contributed by atoms with Crippen molar-refractivity contribution in [3.05, 3.63) is 228 Å². The molecule has 5 aromatic heterocycles. The first kappa shape index (κ1) is 90.4. The maximum absolute atomic E-state index is 12.2. The Morgan fingerprint density at radius 2 is 0.691 bits per heavy atom. The van der Waals surface area contributed by atoms with Crippen molar-refractivity contribution < 1.29 is 58.9 Å². The number of carboxylic acids is 2. The van der Waals surface area contributed by atoms with E-state index in [9.17, 15) is 79.9 Å². The number of nitrogens with two attached hydrogens (primary N) is 5. The quantitative estimate of drug-likeness (QED) is 0.0216. The molecule has 0 aliphatic carbocycles. The van der Waals surface area contributed by atoms with E-state index < -0.39 is 75.6 Å². The monoisotopic (exact) mass is 1690 g/mol. The van der Waals surface area contributed by atoms with Gasteiger partial charge in [0.1, 0.15) is 18.1 Å². The number of aromatic amines is 5. The molecule has 44 heteroatoms. The molecule has 2 amide bonds. The summed E-state index contributed by atoms with van der Waals surface area (Å²) in [6, 6.07) is 29.2. The van der Waals surface area contributed by atoms with E-state index in [4.69, 9.17) is 38.9 Å². The van der Waals surface area contributed by atoms with Crippen molar-refractivity contribution in [2.75, 3.05) is 94.1 Å². The molecule has 0 atom stereocenters. The second kappa shape index (κ2) is 43.1. The number of aromatic carboxylic acids is 2. The zero-order chi connectivity index (χ0) is 88.4. The van der Waals surface area contributed by atoms with Crippen LogP contribution in [0.2, 0.25) is 0 Å². The highest BCUT2D eigenvalue weighted by Gasteiger charge is 2.30. The Labute approximate surface area is 700 Å². The Morgan fingerprint density at radius 3 is 1.09 bits per heavy atom. The van der Waals surface area contributed by atoms with Crippen LogP contribution >= 0.6 is 0 Å². The van der Waals surface area contributed by atoms with Gasteiger partial charge in [-0.2, -0.15) is 15.3 Å². The molecular weight excluding hydrogens is 1600 g/mol. The second-order valence-corrected chi connectivity index (χ2v) is 29.4. The van der Waals surface area contributed by atoms with E-state index in [1.807, 2.05) is 28.2 Å². The van der Waals surface area contributed by atoms with Crippen molar-refractivity contribution in [3.63, 3.8) is 0 Å². The average Bonchev–Trinajstić information content (AvgIpc) is 1.13. The van der Waals surface area contributed by atoms with Gasteiger partial charge in [-0.1, -0.05) is 37.5 Å². The summed E-state index contributed by atoms with van der Waals surface area (Å²) in [5.74, 6) is -1.86. The number of nitro benzene ring substituents is 4. The average molecular weight is 1700 g/mol. The van der Waals surface area contributed by atoms with Crippen LogP contribution in [-0.2, 0) is 19.6 Å². The van der Waals surface area contributed by atoms with Crippen LogP contribution in [0.5, 0.6) is 0 Å². The van der Waals surface area contributed by atoms with Gasteiger partial charge in [-0.25, -0.2) is 19.6 Å². The van der Waals surface area contributed by atoms with Gasteiger partial charge in [0.25, 0.3) is 11.8 Å². The van der Waals surface area contributed by atoms with Crippen LogP contribution in [0.4, 0.5) is 62.6 Å². The zero-order valence-electron chi connectivity index (χ0n) is 66.9. The van der Waals surface area contributed by atoms with Crippen molar-refractivity contribution in [3.8, 4) is 23.0 Å². The second-order valence-electron chi connectivity index (χ2n) is 29.4. The first-order valence-electron chi connectivity index (χ1n) is 39.5. The number of carbonyl (C=O) groups is 4. The van der Waals surface area contributed by atoms with E-state index in [-0.39, 0.29) is 28.6 Å². The number of nitrogen functional groups attached to an aromatic ring is 5. The van der Waals surface area contributed by atoms with Crippen molar-refractivity contribution >= 4 is 108 Å². The number of hydrogen-bond donors (Lipinski definition) is 12. The summed E-state index contributed by atoms with van der Waals surface area (Å²) in [5, 5.41) is 98.8. The first-order chi connectivity index (χ1) is 59.0. The minimum absolute atomic E-state index is 0.0615. The lowest BCUT2D eigenvalue weighted by molar-refractivity contribution is -0.422. The fraction of sp³-hybridized carbons (Fsp3) is 0.354. The summed E-state index contributed by atoms with van der Waals surface area (Å²) in [4.78, 5) is 130. The summed E-state index contributed by atoms with van der Waals surface area (Å²) >= 11 is 0. The van der Waals surface area contributed by atoms with Crippen molar-refractivity contribution in [2.24, 2.45) is 0 Å². The molecule has 5 aliphatic rings. The van der Waals surface area contributed by atoms with Gasteiger partial charge in [-0.3, -0.25) is 100 Å². The summed E-state index contributed by atoms with van der Waals surface area (Å²) < 4.78 is 0. The number of nitrogens with zero attached hydrogens (tertiary/aromatic N) is 16. The standard InChI is InChI=1S/C16H18N6O2.C16H20N6.C12H13N3O5.C12H17N3O.C12H19N3.C7H4N2O6.C4H3N3O4/c23-22(24)14-9-17-20-15(14)16-18-12-5-4-11(8-13(12)19-16)10-21-6-2-1-3-7-21;17-12-9-18-21-15(12)16-19-13-5-4-11(8-14(13)20-16)10-22-6-2-1-3-7-22;16-12(13-6-2-1-3-7-13)9-4-5-10(14(17)18)11(8-9)15(19)20;13-10-5-4-9(8-11(10)14)12(16)15-6-2-1-3-7-15;13-11-5-4-10(8-12(11)14)9-15-6-2-1-3-7-15;10-7(11)4-1-2-5(8(12)13)6(3-4)9(14)15;8-4(9)3-2(7(10)11)1-5-6-3/h4-5,8-9H,1-3,6-7,10H2,(H,17,20)(H,18,19);4-5,8-9H,1-3,6-7,10,17H2,(H,18,21)(H,19,20);4-5,8H,1-3,6-7H2;4-5,8H,1-3,6-7,13-14H2;4-5,8H,1-3,6-7,9,13-14H2;1-3H,(H,10,11);1H,(H,5,6)(H,8,9). The lowest BCUT2D eigenvalue weighted by Crippen LogP contribution is -2.35. The van der Waals surface area contributed by atoms with Crippen LogP contribution in [-0.4, -0.2) is 204 Å². The number of benzene rings is 6. The number of carboxylic acid groups (broad SMARTS) is 2. The molecule has 5 fully saturated rings. The molecule has 5 aliphatic heterocycles. The van der Waals surface area contributed by atoms with Gasteiger partial charge in [0.2, 0.25) is 5.69 Å². The largest absolute Gasteiger partial charge is 0.478 e. The van der Waals surface area contributed by atoms with Crippen LogP contribution in [0.1, 0.15) is 155 Å². The molecule has 17 N–H and O–H groups in total. The van der Waals surface area contributed by atoms with Crippen LogP contribution in [0.25, 0.3) is 45.1 Å². The molecule has 0 radical (unpaired) electrons. The molecule has 648 valence electrons. The fourth-order valence-electron chi connectivity index (χ4n) is 14.2. The normalized spacial score (nSPS) is 14.7. The number of imidazole rings is 2. The summed E-state index contributed by atoms with van der Waals surface area (Å²) in [6.45, 7) is 13.0. The van der Waals surface area contributed by atoms with Gasteiger partial charge < -0.3 is 58.6 Å². The minimum Gasteiger partial charge on any atom is -0.478 e. The third kappa shape index (κ3) is 25.1. The third-order valence-electron chi connectivity index (χ3n) is 20.6. The number of carbonyl (C=O) groups excluding carboxylic acids is 2. The van der Waals surface area contributed by atoms with Gasteiger partial charge >= 0.3 is 46.1 Å². The van der Waals surface area contributed by atoms with Crippen LogP contribution in [0.3, 0.4) is 0 Å². The number of aromatic nitrogens is 10. The molecule has 11 aromatic rings. The first-order valence-corrected chi connectivity index (χ1v) is 39.5. The van der Waals surface area contributed by atoms with E-state index >= 15 is 0 Å². The maximum Gasteiger partial charge on any atom is 0.361 e. The molecule has 0 spiro atoms. The van der Waals surface area contributed by atoms with Crippen LogP contribution in [0, 0.1) is 60.7 Å². The Morgan fingerprint density at radius 1 is 0.341 bits per heavy atom. The van der Waals surface area contributed by atoms with E-state index in [1.54, 1.807) is 29.3 Å². The van der Waals surface area contributed by atoms with Crippen molar-refractivity contribution in [1.82, 2.24) is 75.0 Å². The number of nitro groups is 6. The zero-order valence-corrected chi connectivity index (χ0v) is 66.9. The molecule has 5 saturated heterocycles. The molecule has 0 bridgehead atoms. The lowest BCUT2D eigenvalue weighted by Gasteiger charge is -2.26. The maximum atomic E-state index is 12.2. The summed E-state index contributed by atoms with van der Waals surface area (Å²) in [5.41, 5.74) is 36.6. The molecule has 0 saturated carbocycles. The number of likely N-dealkylation sites (tertiary alicyclic amines) is 5. The summed E-state index contributed by atoms with van der Waals surface area (Å²) in [6.07, 6.45) is 21.8. The van der Waals surface area contributed by atoms with Crippen molar-refractivity contribution in [2.45, 2.75) is 116 Å². The molecular formula is C79H94N26O18. The van der Waals surface area contributed by atoms with Gasteiger partial charge in [0, 0.05) is 81.2 Å². The Balaban J connectivity index is 0.000000152. The number of hydrogen-bond acceptors (Lipinski definition) is 29. The molecule has 16 rings (SSSR count). The number of H-pyrrole nitrogens is 5. The van der Waals surface area contributed by atoms with Gasteiger partial charge in [-0.15, -0.1) is 0 Å². The van der Waals surface area contributed by atoms with Crippen molar-refractivity contribution in [1.29, 1.82) is 0 Å². The summed E-state index contributed by atoms with van der Waals surface area (Å²) in [7, 11) is 0. The fourth-order valence-corrected chi connectivity index (χ4v) is 14.2. The van der Waals surface area contributed by atoms with E-state index in [0.29, 0.717) is 64.7 Å². The Hall–Kier alpha value is -15.0. The van der Waals surface area contributed by atoms with Gasteiger partial charge in [0.15, 0.2) is 17.3 Å². The molecule has 0 unspecified atom stereocenters. The Bertz CT molecular complexity index is 5550. The molecule has 44 nitrogen and oxygen atoms in total. The lowest BCUT2D eigenvalue weighted by atomic mass is 10.1. The Kier molecular flexibility index (Phi) is 31.7. The highest BCUT2D eigenvalue weighted by molar-refractivity contribution is 5.97. The number of amides is 2. The SMILES string of the molecule is Nc1ccc(C(=O)N2CCCCC2)cc1N.Nc1ccc(CN2CCCCC2)cc1N.Nc1cn[nH]c1-c1nc2ccc(CN3CCCCC3)cc2[nH]1.O=C(O)c1[nH]ncc1[N+](=O)[O-].O=C(O)c1ccc([N+](=O)[O-])c([N+](=O)[O-])c1.O=C(c1ccc([N+](=O)[O-])c([N+](=O)[O-])c1)N1CCCCC1.O=[N+]([O-])c1cn[nH]c1-c1nc2ccc(CN3CCCCC3)cc2[nH]1. The van der Waals surface area contributed by atoms with Crippen LogP contribution < -0.4 is 28.7 Å². The van der Waals surface area contributed by atoms with Crippen LogP contribution in [0.15, 0.2) is 128 Å². The van der Waals surface area contributed by atoms with E-state index in [2.05, 4.69) is 96.5 Å². The number of piperidine rings is 5. The predicted octanol–water partition coefficient (Wildman–Crippen LogP) is 12.0. The molecule has 10 heterocycles. The number of fused-ring (bicyclic) bond motifs is 2.